The van der Waals surface area contributed by atoms with Crippen LogP contribution in [0, 0.1) is 11.3 Å². The predicted molar refractivity (Wildman–Crippen MR) is 117 cm³/mol. The van der Waals surface area contributed by atoms with Gasteiger partial charge in [-0.25, -0.2) is 0 Å². The second kappa shape index (κ2) is 7.33. The van der Waals surface area contributed by atoms with Crippen LogP contribution in [0.5, 0.6) is 0 Å². The summed E-state index contributed by atoms with van der Waals surface area (Å²) in [5.41, 5.74) is 4.50. The van der Waals surface area contributed by atoms with Crippen molar-refractivity contribution in [3.8, 4) is 6.07 Å². The molecular formula is C25H16N2O2S. The summed E-state index contributed by atoms with van der Waals surface area (Å²) in [7, 11) is 0. The molecule has 1 atom stereocenters. The third kappa shape index (κ3) is 3.02. The van der Waals surface area contributed by atoms with E-state index < -0.39 is 0 Å². The number of thioether (sulfide) groups is 1. The Hall–Kier alpha value is -3.62. The molecule has 5 heteroatoms. The number of rotatable bonds is 1. The molecule has 1 amide bonds. The van der Waals surface area contributed by atoms with E-state index in [2.05, 4.69) is 6.07 Å². The van der Waals surface area contributed by atoms with Gasteiger partial charge >= 0.3 is 0 Å². The highest BCUT2D eigenvalue weighted by Gasteiger charge is 2.40. The fourth-order valence-electron chi connectivity index (χ4n) is 3.89. The van der Waals surface area contributed by atoms with Crippen molar-refractivity contribution in [3.05, 3.63) is 111 Å². The van der Waals surface area contributed by atoms with E-state index in [0.717, 1.165) is 16.7 Å². The average molecular weight is 408 g/mol. The molecule has 0 bridgehead atoms. The Morgan fingerprint density at radius 2 is 1.63 bits per heavy atom. The lowest BCUT2D eigenvalue weighted by Crippen LogP contribution is -2.29. The maximum atomic E-state index is 13.5. The number of allylic oxidation sites excluding steroid dienone is 1. The van der Waals surface area contributed by atoms with Crippen LogP contribution >= 0.6 is 11.8 Å². The minimum atomic E-state index is -0.254. The van der Waals surface area contributed by atoms with Crippen LogP contribution in [0.15, 0.2) is 77.7 Å². The molecule has 0 radical (unpaired) electrons. The molecule has 0 fully saturated rings. The fourth-order valence-corrected chi connectivity index (χ4v) is 5.18. The predicted octanol–water partition coefficient (Wildman–Crippen LogP) is 5.18. The molecule has 5 rings (SSSR count). The molecule has 0 spiro atoms. The van der Waals surface area contributed by atoms with Crippen molar-refractivity contribution in [2.24, 2.45) is 0 Å². The number of amides is 1. The van der Waals surface area contributed by atoms with Gasteiger partial charge in [-0.2, -0.15) is 5.26 Å². The molecule has 4 nitrogen and oxygen atoms in total. The van der Waals surface area contributed by atoms with Crippen molar-refractivity contribution < 1.29 is 9.59 Å². The van der Waals surface area contributed by atoms with Gasteiger partial charge in [0.05, 0.1) is 16.5 Å². The Morgan fingerprint density at radius 1 is 0.933 bits per heavy atom. The number of nitriles is 1. The molecule has 0 aromatic heterocycles. The summed E-state index contributed by atoms with van der Waals surface area (Å²) in [5.74, 6) is -0.0542. The van der Waals surface area contributed by atoms with Crippen molar-refractivity contribution in [1.29, 1.82) is 5.26 Å². The molecule has 144 valence electrons. The van der Waals surface area contributed by atoms with Crippen LogP contribution in [0.3, 0.4) is 0 Å². The second-order valence-electron chi connectivity index (χ2n) is 7.22. The van der Waals surface area contributed by atoms with Crippen LogP contribution in [0.1, 0.15) is 48.3 Å². The summed E-state index contributed by atoms with van der Waals surface area (Å²) in [6.45, 7) is 0.400. The van der Waals surface area contributed by atoms with Gasteiger partial charge in [0.15, 0.2) is 5.78 Å². The first-order chi connectivity index (χ1) is 14.7. The second-order valence-corrected chi connectivity index (χ2v) is 8.34. The Labute approximate surface area is 178 Å². The highest BCUT2D eigenvalue weighted by molar-refractivity contribution is 8.04. The summed E-state index contributed by atoms with van der Waals surface area (Å²) >= 11 is 1.41. The van der Waals surface area contributed by atoms with Crippen LogP contribution < -0.4 is 0 Å². The normalized spacial score (nSPS) is 18.8. The van der Waals surface area contributed by atoms with Crippen molar-refractivity contribution >= 4 is 29.5 Å². The van der Waals surface area contributed by atoms with Gasteiger partial charge in [0.2, 0.25) is 0 Å². The number of hydrogen-bond donors (Lipinski definition) is 0. The number of Topliss-reactive ketones (excluding diaryl/α,β-unsaturated/α-hetero) is 1. The molecule has 0 saturated heterocycles. The van der Waals surface area contributed by atoms with Crippen molar-refractivity contribution in [3.63, 3.8) is 0 Å². The standard InChI is InChI=1S/C25H16N2O2S/c26-14-17-11-9-16(10-12-17)13-22-23(28)19-6-2-1-5-18(19)15-27-24(29)20-7-3-4-8-21(20)25(27)30-22/h1-13,25H,15H2/b22-13-/t25-/m0/s1. The van der Waals surface area contributed by atoms with Gasteiger partial charge in [-0.15, -0.1) is 0 Å². The van der Waals surface area contributed by atoms with E-state index in [1.165, 1.54) is 11.8 Å². The average Bonchev–Trinajstić information content (AvgIpc) is 3.04. The zero-order chi connectivity index (χ0) is 20.7. The number of fused-ring (bicyclic) bond motifs is 4. The van der Waals surface area contributed by atoms with Gasteiger partial charge < -0.3 is 4.90 Å². The van der Waals surface area contributed by atoms with E-state index in [4.69, 9.17) is 5.26 Å². The van der Waals surface area contributed by atoms with Gasteiger partial charge in [0.25, 0.3) is 5.91 Å². The molecule has 2 aliphatic rings. The molecule has 0 aliphatic carbocycles. The molecule has 2 aliphatic heterocycles. The van der Waals surface area contributed by atoms with E-state index in [1.54, 1.807) is 12.1 Å². The molecule has 0 unspecified atom stereocenters. The SMILES string of the molecule is N#Cc1ccc(/C=C2\S[C@H]3c4ccccc4C(=O)N3Cc3ccccc3C2=O)cc1. The van der Waals surface area contributed by atoms with Crippen LogP contribution in [-0.4, -0.2) is 16.6 Å². The number of carbonyl (C=O) groups excluding carboxylic acids is 2. The van der Waals surface area contributed by atoms with Gasteiger partial charge in [-0.05, 0) is 41.0 Å². The smallest absolute Gasteiger partial charge is 0.255 e. The fraction of sp³-hybridized carbons (Fsp3) is 0.0800. The molecule has 3 aromatic carbocycles. The lowest BCUT2D eigenvalue weighted by molar-refractivity contribution is 0.0758. The summed E-state index contributed by atoms with van der Waals surface area (Å²) in [5, 5.41) is 8.78. The maximum Gasteiger partial charge on any atom is 0.255 e. The summed E-state index contributed by atoms with van der Waals surface area (Å²) in [6.07, 6.45) is 1.85. The number of carbonyl (C=O) groups is 2. The first-order valence-electron chi connectivity index (χ1n) is 9.57. The van der Waals surface area contributed by atoms with Crippen LogP contribution in [0.25, 0.3) is 6.08 Å². The highest BCUT2D eigenvalue weighted by Crippen LogP contribution is 2.48. The van der Waals surface area contributed by atoms with Crippen molar-refractivity contribution in [2.45, 2.75) is 11.9 Å². The third-order valence-electron chi connectivity index (χ3n) is 5.40. The van der Waals surface area contributed by atoms with E-state index in [9.17, 15) is 9.59 Å². The maximum absolute atomic E-state index is 13.5. The molecule has 0 N–H and O–H groups in total. The number of ketones is 1. The quantitative estimate of drug-likeness (QED) is 0.520. The summed E-state index contributed by atoms with van der Waals surface area (Å²) in [4.78, 5) is 29.0. The van der Waals surface area contributed by atoms with Crippen LogP contribution in [-0.2, 0) is 6.54 Å². The topological polar surface area (TPSA) is 61.2 Å². The number of hydrogen-bond acceptors (Lipinski definition) is 4. The zero-order valence-corrected chi connectivity index (χ0v) is 16.7. The Morgan fingerprint density at radius 3 is 2.40 bits per heavy atom. The van der Waals surface area contributed by atoms with Gasteiger partial charge in [0.1, 0.15) is 5.37 Å². The van der Waals surface area contributed by atoms with E-state index >= 15 is 0 Å². The Kier molecular flexibility index (Phi) is 4.50. The lowest BCUT2D eigenvalue weighted by atomic mass is 10.0. The molecule has 3 aromatic rings. The van der Waals surface area contributed by atoms with E-state index in [-0.39, 0.29) is 17.1 Å². The Bertz CT molecular complexity index is 1250. The van der Waals surface area contributed by atoms with Crippen LogP contribution in [0.4, 0.5) is 0 Å². The molecule has 30 heavy (non-hydrogen) atoms. The van der Waals surface area contributed by atoms with Gasteiger partial charge in [0, 0.05) is 17.7 Å². The van der Waals surface area contributed by atoms with E-state index in [1.807, 2.05) is 71.6 Å². The zero-order valence-electron chi connectivity index (χ0n) is 15.9. The Balaban J connectivity index is 1.66. The highest BCUT2D eigenvalue weighted by atomic mass is 32.2. The third-order valence-corrected chi connectivity index (χ3v) is 6.69. The molecule has 2 heterocycles. The molecular weight excluding hydrogens is 392 g/mol. The summed E-state index contributed by atoms with van der Waals surface area (Å²) < 4.78 is 0. The number of benzene rings is 3. The van der Waals surface area contributed by atoms with Crippen molar-refractivity contribution in [1.82, 2.24) is 4.90 Å². The van der Waals surface area contributed by atoms with Crippen LogP contribution in [0.2, 0.25) is 0 Å². The first kappa shape index (κ1) is 18.4. The monoisotopic (exact) mass is 408 g/mol. The number of nitrogens with zero attached hydrogens (tertiary/aromatic N) is 2. The van der Waals surface area contributed by atoms with Crippen molar-refractivity contribution in [2.75, 3.05) is 0 Å². The van der Waals surface area contributed by atoms with Gasteiger partial charge in [-0.3, -0.25) is 9.59 Å². The van der Waals surface area contributed by atoms with Gasteiger partial charge in [-0.1, -0.05) is 66.4 Å². The largest absolute Gasteiger partial charge is 0.318 e. The summed E-state index contributed by atoms with van der Waals surface area (Å²) in [6, 6.07) is 24.3. The first-order valence-corrected chi connectivity index (χ1v) is 10.4. The minimum Gasteiger partial charge on any atom is -0.318 e. The lowest BCUT2D eigenvalue weighted by Gasteiger charge is -2.29. The molecule has 0 saturated carbocycles. The minimum absolute atomic E-state index is 0.00928. The van der Waals surface area contributed by atoms with E-state index in [0.29, 0.717) is 28.1 Å².